The van der Waals surface area contributed by atoms with Crippen LogP contribution in [0, 0.1) is 0 Å². The number of imide groups is 1. The SMILES string of the molecule is C[C@H](c1ccc2scnc2c1)N1CCC2(CC1)NC(=O)N(Cc1ccc(S(C)(=O)=O)cc1)C2=O. The van der Waals surface area contributed by atoms with Crippen molar-refractivity contribution in [3.8, 4) is 0 Å². The Morgan fingerprint density at radius 3 is 2.50 bits per heavy atom. The maximum atomic E-state index is 13.3. The van der Waals surface area contributed by atoms with Gasteiger partial charge in [-0.1, -0.05) is 18.2 Å². The number of carbonyl (C=O) groups is 2. The molecule has 3 heterocycles. The van der Waals surface area contributed by atoms with E-state index in [-0.39, 0.29) is 23.4 Å². The first-order valence-corrected chi connectivity index (χ1v) is 13.9. The van der Waals surface area contributed by atoms with E-state index in [1.807, 2.05) is 5.51 Å². The Hall–Kier alpha value is -2.82. The summed E-state index contributed by atoms with van der Waals surface area (Å²) >= 11 is 1.62. The fourth-order valence-corrected chi connectivity index (χ4v) is 6.11. The Kier molecular flexibility index (Phi) is 5.70. The molecule has 2 saturated heterocycles. The molecule has 1 spiro atoms. The minimum absolute atomic E-state index is 0.115. The molecule has 2 fully saturated rings. The van der Waals surface area contributed by atoms with Crippen molar-refractivity contribution < 1.29 is 18.0 Å². The van der Waals surface area contributed by atoms with E-state index < -0.39 is 21.4 Å². The van der Waals surface area contributed by atoms with Gasteiger partial charge in [-0.2, -0.15) is 0 Å². The summed E-state index contributed by atoms with van der Waals surface area (Å²) in [5, 5.41) is 2.95. The highest BCUT2D eigenvalue weighted by Gasteiger charge is 2.52. The van der Waals surface area contributed by atoms with Crippen LogP contribution in [0.3, 0.4) is 0 Å². The van der Waals surface area contributed by atoms with Crippen molar-refractivity contribution in [1.82, 2.24) is 20.1 Å². The third-order valence-corrected chi connectivity index (χ3v) is 8.91. The zero-order valence-corrected chi connectivity index (χ0v) is 20.7. The highest BCUT2D eigenvalue weighted by molar-refractivity contribution is 7.90. The summed E-state index contributed by atoms with van der Waals surface area (Å²) in [4.78, 5) is 34.2. The molecule has 2 aliphatic heterocycles. The van der Waals surface area contributed by atoms with Crippen molar-refractivity contribution in [1.29, 1.82) is 0 Å². The van der Waals surface area contributed by atoms with Crippen LogP contribution < -0.4 is 5.32 Å². The van der Waals surface area contributed by atoms with E-state index in [0.29, 0.717) is 31.5 Å². The number of carbonyl (C=O) groups excluding carboxylic acids is 2. The van der Waals surface area contributed by atoms with E-state index >= 15 is 0 Å². The lowest BCUT2D eigenvalue weighted by Crippen LogP contribution is -2.55. The number of fused-ring (bicyclic) bond motifs is 1. The molecule has 5 rings (SSSR count). The van der Waals surface area contributed by atoms with Gasteiger partial charge in [-0.15, -0.1) is 11.3 Å². The Labute approximate surface area is 202 Å². The lowest BCUT2D eigenvalue weighted by molar-refractivity contribution is -0.133. The van der Waals surface area contributed by atoms with E-state index in [0.717, 1.165) is 11.8 Å². The second-order valence-electron chi connectivity index (χ2n) is 9.11. The van der Waals surface area contributed by atoms with Gasteiger partial charge in [-0.3, -0.25) is 14.6 Å². The van der Waals surface area contributed by atoms with Crippen molar-refractivity contribution in [3.63, 3.8) is 0 Å². The van der Waals surface area contributed by atoms with Gasteiger partial charge in [0.05, 0.1) is 27.2 Å². The van der Waals surface area contributed by atoms with Crippen molar-refractivity contribution in [2.75, 3.05) is 19.3 Å². The van der Waals surface area contributed by atoms with Gasteiger partial charge in [-0.05, 0) is 55.2 Å². The summed E-state index contributed by atoms with van der Waals surface area (Å²) < 4.78 is 24.5. The number of thiazole rings is 1. The Morgan fingerprint density at radius 1 is 1.12 bits per heavy atom. The molecule has 0 radical (unpaired) electrons. The van der Waals surface area contributed by atoms with Crippen molar-refractivity contribution >= 4 is 43.3 Å². The number of nitrogens with zero attached hydrogens (tertiary/aromatic N) is 3. The van der Waals surface area contributed by atoms with Gasteiger partial charge in [-0.25, -0.2) is 18.2 Å². The van der Waals surface area contributed by atoms with Crippen molar-refractivity contribution in [3.05, 3.63) is 59.1 Å². The zero-order valence-electron chi connectivity index (χ0n) is 19.0. The van der Waals surface area contributed by atoms with E-state index in [1.54, 1.807) is 23.5 Å². The Balaban J connectivity index is 1.25. The highest BCUT2D eigenvalue weighted by Crippen LogP contribution is 2.34. The van der Waals surface area contributed by atoms with Crippen LogP contribution >= 0.6 is 11.3 Å². The summed E-state index contributed by atoms with van der Waals surface area (Å²) in [6, 6.07) is 12.4. The standard InChI is InChI=1S/C24H26N4O4S2/c1-16(18-5-8-21-20(13-18)25-15-33-21)27-11-9-24(10-12-27)22(29)28(23(30)26-24)14-17-3-6-19(7-4-17)34(2,31)32/h3-8,13,15-16H,9-12,14H2,1-2H3,(H,26,30)/t16-/m1/s1. The summed E-state index contributed by atoms with van der Waals surface area (Å²) in [6.07, 6.45) is 2.24. The predicted molar refractivity (Wildman–Crippen MR) is 130 cm³/mol. The molecule has 178 valence electrons. The van der Waals surface area contributed by atoms with E-state index in [1.165, 1.54) is 27.3 Å². The highest BCUT2D eigenvalue weighted by atomic mass is 32.2. The van der Waals surface area contributed by atoms with E-state index in [2.05, 4.69) is 40.3 Å². The number of piperidine rings is 1. The van der Waals surface area contributed by atoms with E-state index in [9.17, 15) is 18.0 Å². The quantitative estimate of drug-likeness (QED) is 0.542. The Morgan fingerprint density at radius 2 is 1.82 bits per heavy atom. The fraction of sp³-hybridized carbons (Fsp3) is 0.375. The number of nitrogens with one attached hydrogen (secondary N) is 1. The average Bonchev–Trinajstić information content (AvgIpc) is 3.37. The summed E-state index contributed by atoms with van der Waals surface area (Å²) in [6.45, 7) is 3.66. The minimum atomic E-state index is -3.30. The van der Waals surface area contributed by atoms with Crippen LogP contribution in [-0.2, 0) is 21.2 Å². The Bertz CT molecular complexity index is 1360. The molecule has 0 saturated carbocycles. The number of hydrogen-bond acceptors (Lipinski definition) is 7. The van der Waals surface area contributed by atoms with Gasteiger partial charge in [0.25, 0.3) is 5.91 Å². The zero-order chi connectivity index (χ0) is 24.1. The molecule has 0 bridgehead atoms. The normalized spacial score (nSPS) is 19.6. The topological polar surface area (TPSA) is 99.7 Å². The molecule has 2 aliphatic rings. The molecule has 0 aliphatic carbocycles. The number of benzene rings is 2. The van der Waals surface area contributed by atoms with Gasteiger partial charge in [0.1, 0.15) is 5.54 Å². The molecule has 34 heavy (non-hydrogen) atoms. The maximum absolute atomic E-state index is 13.3. The lowest BCUT2D eigenvalue weighted by atomic mass is 9.86. The van der Waals surface area contributed by atoms with Gasteiger partial charge in [0, 0.05) is 25.4 Å². The predicted octanol–water partition coefficient (Wildman–Crippen LogP) is 3.35. The second-order valence-corrected chi connectivity index (χ2v) is 12.0. The number of urea groups is 1. The largest absolute Gasteiger partial charge is 0.325 e. The maximum Gasteiger partial charge on any atom is 0.325 e. The number of amides is 3. The number of sulfone groups is 1. The molecule has 1 aromatic heterocycles. The first kappa shape index (κ1) is 22.9. The number of aromatic nitrogens is 1. The molecule has 1 atom stereocenters. The molecule has 10 heteroatoms. The molecule has 2 aromatic carbocycles. The molecular formula is C24H26N4O4S2. The molecule has 0 unspecified atom stereocenters. The van der Waals surface area contributed by atoms with Gasteiger partial charge in [0.15, 0.2) is 9.84 Å². The number of hydrogen-bond donors (Lipinski definition) is 1. The van der Waals surface area contributed by atoms with Crippen LogP contribution in [0.2, 0.25) is 0 Å². The number of rotatable bonds is 5. The molecule has 1 N–H and O–H groups in total. The van der Waals surface area contributed by atoms with Crippen molar-refractivity contribution in [2.24, 2.45) is 0 Å². The number of likely N-dealkylation sites (tertiary alicyclic amines) is 1. The van der Waals surface area contributed by atoms with Gasteiger partial charge < -0.3 is 5.32 Å². The van der Waals surface area contributed by atoms with Crippen LogP contribution in [0.25, 0.3) is 10.2 Å². The third kappa shape index (κ3) is 4.10. The molecular weight excluding hydrogens is 472 g/mol. The third-order valence-electron chi connectivity index (χ3n) is 6.97. The molecule has 3 amide bonds. The fourth-order valence-electron chi connectivity index (χ4n) is 4.82. The summed E-state index contributed by atoms with van der Waals surface area (Å²) in [7, 11) is -3.30. The van der Waals surface area contributed by atoms with Crippen LogP contribution in [-0.4, -0.2) is 60.0 Å². The van der Waals surface area contributed by atoms with Gasteiger partial charge in [0.2, 0.25) is 0 Å². The van der Waals surface area contributed by atoms with E-state index in [4.69, 9.17) is 0 Å². The second kappa shape index (κ2) is 8.44. The smallest absolute Gasteiger partial charge is 0.323 e. The van der Waals surface area contributed by atoms with Crippen LogP contribution in [0.5, 0.6) is 0 Å². The monoisotopic (exact) mass is 498 g/mol. The van der Waals surface area contributed by atoms with Gasteiger partial charge >= 0.3 is 6.03 Å². The van der Waals surface area contributed by atoms with Crippen LogP contribution in [0.4, 0.5) is 4.79 Å². The van der Waals surface area contributed by atoms with Crippen LogP contribution in [0.1, 0.15) is 36.9 Å². The lowest BCUT2D eigenvalue weighted by Gasteiger charge is -2.40. The minimum Gasteiger partial charge on any atom is -0.323 e. The van der Waals surface area contributed by atoms with Crippen LogP contribution in [0.15, 0.2) is 52.9 Å². The average molecular weight is 499 g/mol. The summed E-state index contributed by atoms with van der Waals surface area (Å²) in [5.41, 5.74) is 3.87. The first-order valence-electron chi connectivity index (χ1n) is 11.2. The summed E-state index contributed by atoms with van der Waals surface area (Å²) in [5.74, 6) is -0.208. The molecule has 3 aromatic rings. The molecule has 8 nitrogen and oxygen atoms in total. The first-order chi connectivity index (χ1) is 16.2. The van der Waals surface area contributed by atoms with Crippen molar-refractivity contribution in [2.45, 2.75) is 42.8 Å².